The lowest BCUT2D eigenvalue weighted by Crippen LogP contribution is -2.16. The number of ketones is 1. The van der Waals surface area contributed by atoms with Gasteiger partial charge in [-0.1, -0.05) is 5.16 Å². The highest BCUT2D eigenvalue weighted by molar-refractivity contribution is 6.01. The number of carbonyl (C=O) groups excluding carboxylic acids is 3. The number of ether oxygens (including phenoxy) is 2. The van der Waals surface area contributed by atoms with Crippen LogP contribution in [0.4, 0.5) is 5.88 Å². The van der Waals surface area contributed by atoms with Crippen LogP contribution in [0.2, 0.25) is 0 Å². The Kier molecular flexibility index (Phi) is 5.72. The van der Waals surface area contributed by atoms with Crippen LogP contribution in [-0.2, 0) is 9.47 Å². The van der Waals surface area contributed by atoms with Crippen molar-refractivity contribution in [3.05, 3.63) is 64.1 Å². The van der Waals surface area contributed by atoms with Gasteiger partial charge in [0, 0.05) is 22.6 Å². The van der Waals surface area contributed by atoms with Gasteiger partial charge in [0.2, 0.25) is 11.7 Å². The molecule has 0 bridgehead atoms. The highest BCUT2D eigenvalue weighted by Crippen LogP contribution is 2.22. The largest absolute Gasteiger partial charge is 0.465 e. The van der Waals surface area contributed by atoms with E-state index in [0.29, 0.717) is 22.5 Å². The quantitative estimate of drug-likeness (QED) is 0.485. The molecule has 0 aliphatic rings. The van der Waals surface area contributed by atoms with Crippen LogP contribution in [0.25, 0.3) is 5.69 Å². The summed E-state index contributed by atoms with van der Waals surface area (Å²) in [5.74, 6) is -1.71. The van der Waals surface area contributed by atoms with Crippen molar-refractivity contribution in [2.24, 2.45) is 0 Å². The number of carbonyl (C=O) groups is 3. The number of anilines is 1. The Morgan fingerprint density at radius 2 is 1.77 bits per heavy atom. The molecule has 3 rings (SSSR count). The molecule has 0 amide bonds. The Hall–Kier alpha value is -3.88. The maximum absolute atomic E-state index is 12.7. The summed E-state index contributed by atoms with van der Waals surface area (Å²) in [6.45, 7) is 4.75. The molecule has 0 fully saturated rings. The van der Waals surface area contributed by atoms with Crippen molar-refractivity contribution in [3.8, 4) is 5.69 Å². The number of Topliss-reactive ketones (excluding diaryl/α,β-unsaturated/α-hetero) is 1. The zero-order valence-electron chi connectivity index (χ0n) is 17.0. The Labute approximate surface area is 172 Å². The molecule has 0 aliphatic heterocycles. The number of nitrogens with two attached hydrogens (primary N) is 1. The van der Waals surface area contributed by atoms with Gasteiger partial charge >= 0.3 is 11.9 Å². The third-order valence-electron chi connectivity index (χ3n) is 4.71. The summed E-state index contributed by atoms with van der Waals surface area (Å²) in [7, 11) is 1.32. The molecule has 0 saturated heterocycles. The van der Waals surface area contributed by atoms with Crippen LogP contribution in [0.15, 0.2) is 34.9 Å². The predicted octanol–water partition coefficient (Wildman–Crippen LogP) is 2.80. The first-order valence-corrected chi connectivity index (χ1v) is 9.04. The van der Waals surface area contributed by atoms with Crippen molar-refractivity contribution in [2.45, 2.75) is 20.8 Å². The molecule has 2 aromatic heterocycles. The number of hydrogen-bond donors (Lipinski definition) is 1. The number of nitrogens with zero attached hydrogens (tertiary/aromatic N) is 2. The molecule has 0 aliphatic carbocycles. The number of hydrogen-bond acceptors (Lipinski definition) is 8. The van der Waals surface area contributed by atoms with Crippen molar-refractivity contribution in [3.63, 3.8) is 0 Å². The SMILES string of the molecule is COC(=O)c1ccc(-n2c(C)cc(C(=O)COC(=O)c3c(C)noc3N)c2C)cc1. The van der Waals surface area contributed by atoms with Gasteiger partial charge in [-0.3, -0.25) is 4.79 Å². The molecule has 156 valence electrons. The molecule has 0 unspecified atom stereocenters. The van der Waals surface area contributed by atoms with E-state index in [1.165, 1.54) is 7.11 Å². The molecule has 0 radical (unpaired) electrons. The topological polar surface area (TPSA) is 127 Å². The molecule has 2 heterocycles. The minimum atomic E-state index is -0.771. The summed E-state index contributed by atoms with van der Waals surface area (Å²) in [4.78, 5) is 36.5. The molecule has 2 N–H and O–H groups in total. The Morgan fingerprint density at radius 3 is 2.33 bits per heavy atom. The van der Waals surface area contributed by atoms with Crippen molar-refractivity contribution in [1.29, 1.82) is 0 Å². The van der Waals surface area contributed by atoms with E-state index in [1.807, 2.05) is 11.5 Å². The lowest BCUT2D eigenvalue weighted by atomic mass is 10.1. The summed E-state index contributed by atoms with van der Waals surface area (Å²) in [5, 5.41) is 3.59. The monoisotopic (exact) mass is 411 g/mol. The molecule has 0 atom stereocenters. The molecule has 3 aromatic rings. The Morgan fingerprint density at radius 1 is 1.10 bits per heavy atom. The first-order chi connectivity index (χ1) is 14.2. The normalized spacial score (nSPS) is 10.7. The fourth-order valence-electron chi connectivity index (χ4n) is 3.22. The maximum Gasteiger partial charge on any atom is 0.346 e. The van der Waals surface area contributed by atoms with Crippen molar-refractivity contribution >= 4 is 23.6 Å². The zero-order chi connectivity index (χ0) is 22.0. The van der Waals surface area contributed by atoms with Crippen LogP contribution in [0, 0.1) is 20.8 Å². The number of benzene rings is 1. The van der Waals surface area contributed by atoms with E-state index < -0.39 is 18.5 Å². The molecule has 0 saturated carbocycles. The number of esters is 2. The van der Waals surface area contributed by atoms with Gasteiger partial charge in [0.05, 0.1) is 18.4 Å². The standard InChI is InChI=1S/C21H21N3O6/c1-11-9-16(17(25)10-29-21(27)18-12(2)23-30-19(18)22)13(3)24(11)15-7-5-14(6-8-15)20(26)28-4/h5-9H,10,22H2,1-4H3. The van der Waals surface area contributed by atoms with E-state index in [4.69, 9.17) is 19.7 Å². The smallest absolute Gasteiger partial charge is 0.346 e. The highest BCUT2D eigenvalue weighted by atomic mass is 16.5. The Bertz CT molecular complexity index is 1110. The average molecular weight is 411 g/mol. The van der Waals surface area contributed by atoms with Crippen LogP contribution in [0.3, 0.4) is 0 Å². The van der Waals surface area contributed by atoms with Gasteiger partial charge in [-0.2, -0.15) is 0 Å². The van der Waals surface area contributed by atoms with Gasteiger partial charge < -0.3 is 24.3 Å². The van der Waals surface area contributed by atoms with Crippen LogP contribution < -0.4 is 5.73 Å². The van der Waals surface area contributed by atoms with E-state index >= 15 is 0 Å². The second kappa shape index (κ2) is 8.24. The van der Waals surface area contributed by atoms with Gasteiger partial charge in [-0.25, -0.2) is 9.59 Å². The first kappa shape index (κ1) is 20.8. The fourth-order valence-corrected chi connectivity index (χ4v) is 3.22. The van der Waals surface area contributed by atoms with Gasteiger partial charge in [0.1, 0.15) is 5.56 Å². The number of rotatable bonds is 6. The van der Waals surface area contributed by atoms with Gasteiger partial charge in [0.15, 0.2) is 6.61 Å². The third-order valence-corrected chi connectivity index (χ3v) is 4.71. The van der Waals surface area contributed by atoms with Crippen molar-refractivity contribution in [1.82, 2.24) is 9.72 Å². The number of methoxy groups -OCH3 is 1. The number of aromatic nitrogens is 2. The lowest BCUT2D eigenvalue weighted by Gasteiger charge is -2.10. The van der Waals surface area contributed by atoms with Gasteiger partial charge in [-0.05, 0) is 51.1 Å². The maximum atomic E-state index is 12.7. The molecule has 9 heteroatoms. The highest BCUT2D eigenvalue weighted by Gasteiger charge is 2.23. The predicted molar refractivity (Wildman–Crippen MR) is 107 cm³/mol. The summed E-state index contributed by atoms with van der Waals surface area (Å²) in [5.41, 5.74) is 8.99. The number of aryl methyl sites for hydroxylation is 2. The van der Waals surface area contributed by atoms with E-state index in [9.17, 15) is 14.4 Å². The van der Waals surface area contributed by atoms with Crippen LogP contribution in [0.1, 0.15) is 48.2 Å². The zero-order valence-corrected chi connectivity index (χ0v) is 17.0. The molecule has 0 spiro atoms. The molecular weight excluding hydrogens is 390 g/mol. The average Bonchev–Trinajstić information content (AvgIpc) is 3.23. The summed E-state index contributed by atoms with van der Waals surface area (Å²) >= 11 is 0. The molecular formula is C21H21N3O6. The fraction of sp³-hybridized carbons (Fsp3) is 0.238. The Balaban J connectivity index is 1.78. The molecule has 9 nitrogen and oxygen atoms in total. The summed E-state index contributed by atoms with van der Waals surface area (Å²) in [6.07, 6.45) is 0. The van der Waals surface area contributed by atoms with E-state index in [2.05, 4.69) is 5.16 Å². The third kappa shape index (κ3) is 3.82. The van der Waals surface area contributed by atoms with Gasteiger partial charge in [0.25, 0.3) is 0 Å². The minimum absolute atomic E-state index is 0.0129. The van der Waals surface area contributed by atoms with Gasteiger partial charge in [-0.15, -0.1) is 0 Å². The summed E-state index contributed by atoms with van der Waals surface area (Å²) < 4.78 is 16.4. The van der Waals surface area contributed by atoms with Crippen molar-refractivity contribution < 1.29 is 28.4 Å². The second-order valence-electron chi connectivity index (χ2n) is 6.67. The molecule has 1 aromatic carbocycles. The first-order valence-electron chi connectivity index (χ1n) is 9.04. The molecule has 30 heavy (non-hydrogen) atoms. The second-order valence-corrected chi connectivity index (χ2v) is 6.67. The van der Waals surface area contributed by atoms with E-state index in [-0.39, 0.29) is 17.2 Å². The minimum Gasteiger partial charge on any atom is -0.465 e. The van der Waals surface area contributed by atoms with Crippen LogP contribution in [-0.4, -0.2) is 41.2 Å². The van der Waals surface area contributed by atoms with Crippen molar-refractivity contribution in [2.75, 3.05) is 19.5 Å². The van der Waals surface area contributed by atoms with E-state index in [1.54, 1.807) is 44.2 Å². The lowest BCUT2D eigenvalue weighted by molar-refractivity contribution is 0.0474. The number of nitrogen functional groups attached to an aromatic ring is 1. The van der Waals surface area contributed by atoms with Crippen LogP contribution in [0.5, 0.6) is 0 Å². The summed E-state index contributed by atoms with van der Waals surface area (Å²) in [6, 6.07) is 8.54. The van der Waals surface area contributed by atoms with Crippen LogP contribution >= 0.6 is 0 Å². The van der Waals surface area contributed by atoms with E-state index in [0.717, 1.165) is 11.4 Å².